The molecule has 0 fully saturated rings. The van der Waals surface area contributed by atoms with Crippen LogP contribution in [0.15, 0.2) is 40.3 Å². The van der Waals surface area contributed by atoms with Crippen molar-refractivity contribution in [1.82, 2.24) is 4.98 Å². The van der Waals surface area contributed by atoms with Crippen LogP contribution < -0.4 is 0 Å². The average Bonchev–Trinajstić information content (AvgIpc) is 2.28. The summed E-state index contributed by atoms with van der Waals surface area (Å²) in [6.45, 7) is 1.98. The van der Waals surface area contributed by atoms with Gasteiger partial charge in [-0.25, -0.2) is 4.98 Å². The highest BCUT2D eigenvalue weighted by Crippen LogP contribution is 2.36. The van der Waals surface area contributed by atoms with E-state index in [1.54, 1.807) is 18.3 Å². The third-order valence-electron chi connectivity index (χ3n) is 2.13. The van der Waals surface area contributed by atoms with E-state index in [4.69, 9.17) is 34.8 Å². The molecule has 1 nitrogen and oxygen atoms in total. The van der Waals surface area contributed by atoms with E-state index >= 15 is 0 Å². The molecule has 1 aromatic carbocycles. The monoisotopic (exact) mass is 303 g/mol. The fourth-order valence-corrected chi connectivity index (χ4v) is 2.93. The van der Waals surface area contributed by atoms with Crippen LogP contribution >= 0.6 is 46.6 Å². The molecule has 5 heteroatoms. The van der Waals surface area contributed by atoms with Crippen molar-refractivity contribution in [2.75, 3.05) is 0 Å². The number of aromatic nitrogens is 1. The summed E-state index contributed by atoms with van der Waals surface area (Å²) in [5, 5.41) is 1.80. The van der Waals surface area contributed by atoms with E-state index in [-0.39, 0.29) is 0 Å². The predicted octanol–water partition coefficient (Wildman–Crippen LogP) is 5.50. The van der Waals surface area contributed by atoms with Crippen LogP contribution in [0.5, 0.6) is 0 Å². The Morgan fingerprint density at radius 1 is 1.06 bits per heavy atom. The maximum absolute atomic E-state index is 6.11. The molecule has 0 bridgehead atoms. The number of rotatable bonds is 2. The Hall–Kier alpha value is -0.410. The zero-order chi connectivity index (χ0) is 12.4. The van der Waals surface area contributed by atoms with Gasteiger partial charge in [-0.15, -0.1) is 0 Å². The molecule has 2 rings (SSSR count). The van der Waals surface area contributed by atoms with Gasteiger partial charge in [0.1, 0.15) is 5.15 Å². The number of hydrogen-bond donors (Lipinski definition) is 0. The van der Waals surface area contributed by atoms with E-state index in [1.165, 1.54) is 11.8 Å². The minimum Gasteiger partial charge on any atom is -0.244 e. The quantitative estimate of drug-likeness (QED) is 0.679. The van der Waals surface area contributed by atoms with Gasteiger partial charge in [0, 0.05) is 21.0 Å². The van der Waals surface area contributed by atoms with Crippen LogP contribution in [-0.2, 0) is 0 Å². The molecule has 0 N–H and O–H groups in total. The minimum atomic E-state index is 0.469. The van der Waals surface area contributed by atoms with E-state index in [0.717, 1.165) is 15.4 Å². The molecule has 0 saturated carbocycles. The normalized spacial score (nSPS) is 10.6. The molecular formula is C12H8Cl3NS. The van der Waals surface area contributed by atoms with Crippen molar-refractivity contribution in [3.8, 4) is 0 Å². The first-order chi connectivity index (χ1) is 8.06. The SMILES string of the molecule is Cc1cnc(Cl)cc1Sc1cc(Cl)ccc1Cl. The summed E-state index contributed by atoms with van der Waals surface area (Å²) < 4.78 is 0. The first kappa shape index (κ1) is 13.0. The molecular weight excluding hydrogens is 297 g/mol. The van der Waals surface area contributed by atoms with Gasteiger partial charge in [-0.3, -0.25) is 0 Å². The molecule has 17 heavy (non-hydrogen) atoms. The van der Waals surface area contributed by atoms with E-state index < -0.39 is 0 Å². The Bertz CT molecular complexity index is 508. The van der Waals surface area contributed by atoms with Crippen molar-refractivity contribution < 1.29 is 0 Å². The average molecular weight is 305 g/mol. The Morgan fingerprint density at radius 2 is 1.82 bits per heavy atom. The first-order valence-corrected chi connectivity index (χ1v) is 6.76. The Kier molecular flexibility index (Phi) is 4.21. The van der Waals surface area contributed by atoms with Crippen LogP contribution in [0, 0.1) is 6.92 Å². The second-order valence-corrected chi connectivity index (χ2v) is 5.76. The van der Waals surface area contributed by atoms with Gasteiger partial charge in [-0.2, -0.15) is 0 Å². The van der Waals surface area contributed by atoms with Crippen molar-refractivity contribution in [3.63, 3.8) is 0 Å². The summed E-state index contributed by atoms with van der Waals surface area (Å²) in [7, 11) is 0. The number of benzene rings is 1. The third-order valence-corrected chi connectivity index (χ3v) is 4.23. The molecule has 0 amide bonds. The van der Waals surface area contributed by atoms with E-state index in [9.17, 15) is 0 Å². The van der Waals surface area contributed by atoms with Crippen molar-refractivity contribution in [3.05, 3.63) is 51.2 Å². The molecule has 0 radical (unpaired) electrons. The van der Waals surface area contributed by atoms with E-state index in [0.29, 0.717) is 15.2 Å². The Balaban J connectivity index is 2.37. The molecule has 0 aliphatic heterocycles. The van der Waals surface area contributed by atoms with Crippen LogP contribution in [0.3, 0.4) is 0 Å². The van der Waals surface area contributed by atoms with Gasteiger partial charge < -0.3 is 0 Å². The molecule has 0 aliphatic carbocycles. The predicted molar refractivity (Wildman–Crippen MR) is 74.6 cm³/mol. The van der Waals surface area contributed by atoms with E-state index in [2.05, 4.69) is 4.98 Å². The van der Waals surface area contributed by atoms with Crippen LogP contribution in [0.25, 0.3) is 0 Å². The van der Waals surface area contributed by atoms with Crippen LogP contribution in [0.1, 0.15) is 5.56 Å². The Labute approximate surface area is 119 Å². The lowest BCUT2D eigenvalue weighted by molar-refractivity contribution is 1.18. The second-order valence-electron chi connectivity index (χ2n) is 3.45. The summed E-state index contributed by atoms with van der Waals surface area (Å²) in [5.74, 6) is 0. The molecule has 1 aromatic heterocycles. The molecule has 88 valence electrons. The minimum absolute atomic E-state index is 0.469. The largest absolute Gasteiger partial charge is 0.244 e. The van der Waals surface area contributed by atoms with Crippen molar-refractivity contribution >= 4 is 46.6 Å². The number of pyridine rings is 1. The lowest BCUT2D eigenvalue weighted by Crippen LogP contribution is -1.84. The van der Waals surface area contributed by atoms with Crippen LogP contribution in [-0.4, -0.2) is 4.98 Å². The fourth-order valence-electron chi connectivity index (χ4n) is 1.27. The van der Waals surface area contributed by atoms with Crippen LogP contribution in [0.4, 0.5) is 0 Å². The summed E-state index contributed by atoms with van der Waals surface area (Å²) in [6.07, 6.45) is 1.74. The summed E-state index contributed by atoms with van der Waals surface area (Å²) >= 11 is 19.5. The van der Waals surface area contributed by atoms with Gasteiger partial charge in [-0.1, -0.05) is 46.6 Å². The van der Waals surface area contributed by atoms with Gasteiger partial charge >= 0.3 is 0 Å². The standard InChI is InChI=1S/C12H8Cl3NS/c1-7-6-16-12(15)5-10(7)17-11-4-8(13)2-3-9(11)14/h2-6H,1H3. The number of nitrogens with zero attached hydrogens (tertiary/aromatic N) is 1. The zero-order valence-electron chi connectivity index (χ0n) is 8.88. The molecule has 0 spiro atoms. The topological polar surface area (TPSA) is 12.9 Å². The van der Waals surface area contributed by atoms with Gasteiger partial charge in [0.25, 0.3) is 0 Å². The molecule has 0 saturated heterocycles. The molecule has 0 unspecified atom stereocenters. The van der Waals surface area contributed by atoms with Gasteiger partial charge in [0.15, 0.2) is 0 Å². The van der Waals surface area contributed by atoms with Crippen molar-refractivity contribution in [2.45, 2.75) is 16.7 Å². The lowest BCUT2D eigenvalue weighted by atomic mass is 10.3. The van der Waals surface area contributed by atoms with Crippen molar-refractivity contribution in [2.24, 2.45) is 0 Å². The van der Waals surface area contributed by atoms with Gasteiger partial charge in [-0.05, 0) is 36.8 Å². The lowest BCUT2D eigenvalue weighted by Gasteiger charge is -2.07. The second kappa shape index (κ2) is 5.49. The highest BCUT2D eigenvalue weighted by atomic mass is 35.5. The molecule has 2 aromatic rings. The Morgan fingerprint density at radius 3 is 2.59 bits per heavy atom. The molecule has 0 aliphatic rings. The highest BCUT2D eigenvalue weighted by Gasteiger charge is 2.07. The number of halogens is 3. The first-order valence-electron chi connectivity index (χ1n) is 4.81. The zero-order valence-corrected chi connectivity index (χ0v) is 12.0. The maximum Gasteiger partial charge on any atom is 0.130 e. The molecule has 0 atom stereocenters. The number of aryl methyl sites for hydroxylation is 1. The van der Waals surface area contributed by atoms with Crippen molar-refractivity contribution in [1.29, 1.82) is 0 Å². The van der Waals surface area contributed by atoms with E-state index in [1.807, 2.05) is 19.1 Å². The molecule has 1 heterocycles. The van der Waals surface area contributed by atoms with Crippen LogP contribution in [0.2, 0.25) is 15.2 Å². The third kappa shape index (κ3) is 3.29. The summed E-state index contributed by atoms with van der Waals surface area (Å²) in [4.78, 5) is 5.94. The summed E-state index contributed by atoms with van der Waals surface area (Å²) in [5.41, 5.74) is 1.05. The smallest absolute Gasteiger partial charge is 0.130 e. The fraction of sp³-hybridized carbons (Fsp3) is 0.0833. The number of hydrogen-bond acceptors (Lipinski definition) is 2. The maximum atomic E-state index is 6.11. The summed E-state index contributed by atoms with van der Waals surface area (Å²) in [6, 6.07) is 7.20. The van der Waals surface area contributed by atoms with Gasteiger partial charge in [0.05, 0.1) is 5.02 Å². The van der Waals surface area contributed by atoms with Gasteiger partial charge in [0.2, 0.25) is 0 Å². The highest BCUT2D eigenvalue weighted by molar-refractivity contribution is 7.99.